The number of carbonyl (C=O) groups excluding carboxylic acids is 3. The molecule has 1 aliphatic rings. The van der Waals surface area contributed by atoms with Gasteiger partial charge in [0.25, 0.3) is 5.91 Å². The van der Waals surface area contributed by atoms with Gasteiger partial charge < -0.3 is 20.3 Å². The SMILES string of the molecule is CN1C(=O)[C@@H](NC(=O)C(=O)NCCc2ccccc2)COc2ccc(C#Cc3cncnc3)cc21. The Bertz CT molecular complexity index is 1290. The lowest BCUT2D eigenvalue weighted by Crippen LogP contribution is -2.53. The number of aromatic nitrogens is 2. The second kappa shape index (κ2) is 10.9. The van der Waals surface area contributed by atoms with Gasteiger partial charge in [-0.2, -0.15) is 0 Å². The third-order valence-corrected chi connectivity index (χ3v) is 5.32. The molecule has 3 amide bonds. The van der Waals surface area contributed by atoms with Gasteiger partial charge in [-0.15, -0.1) is 0 Å². The predicted octanol–water partition coefficient (Wildman–Crippen LogP) is 1.08. The van der Waals surface area contributed by atoms with Gasteiger partial charge in [-0.05, 0) is 30.2 Å². The summed E-state index contributed by atoms with van der Waals surface area (Å²) in [5.74, 6) is 4.34. The van der Waals surface area contributed by atoms with Gasteiger partial charge in [-0.3, -0.25) is 14.4 Å². The fourth-order valence-corrected chi connectivity index (χ4v) is 3.46. The van der Waals surface area contributed by atoms with Crippen LogP contribution in [0.3, 0.4) is 0 Å². The van der Waals surface area contributed by atoms with Crippen molar-refractivity contribution in [2.45, 2.75) is 12.5 Å². The molecule has 2 heterocycles. The minimum Gasteiger partial charge on any atom is -0.489 e. The topological polar surface area (TPSA) is 114 Å². The zero-order valence-corrected chi connectivity index (χ0v) is 19.0. The number of anilines is 1. The van der Waals surface area contributed by atoms with Crippen molar-refractivity contribution in [3.05, 3.63) is 83.9 Å². The number of amides is 3. The van der Waals surface area contributed by atoms with Gasteiger partial charge >= 0.3 is 11.8 Å². The zero-order valence-electron chi connectivity index (χ0n) is 19.0. The normalized spacial score (nSPS) is 14.5. The summed E-state index contributed by atoms with van der Waals surface area (Å²) >= 11 is 0. The van der Waals surface area contributed by atoms with Crippen LogP contribution in [0.5, 0.6) is 5.75 Å². The molecule has 0 aliphatic carbocycles. The highest BCUT2D eigenvalue weighted by Crippen LogP contribution is 2.31. The summed E-state index contributed by atoms with van der Waals surface area (Å²) in [7, 11) is 1.58. The number of likely N-dealkylation sites (N-methyl/N-ethyl adjacent to an activating group) is 1. The summed E-state index contributed by atoms with van der Waals surface area (Å²) in [6.07, 6.45) is 5.22. The van der Waals surface area contributed by atoms with Crippen LogP contribution in [-0.2, 0) is 20.8 Å². The third-order valence-electron chi connectivity index (χ3n) is 5.32. The molecule has 0 unspecified atom stereocenters. The van der Waals surface area contributed by atoms with Crippen LogP contribution in [0, 0.1) is 11.8 Å². The second-order valence-electron chi connectivity index (χ2n) is 7.79. The summed E-state index contributed by atoms with van der Waals surface area (Å²) in [6, 6.07) is 13.8. The fourth-order valence-electron chi connectivity index (χ4n) is 3.46. The molecule has 176 valence electrons. The van der Waals surface area contributed by atoms with Crippen molar-refractivity contribution in [3.8, 4) is 17.6 Å². The van der Waals surface area contributed by atoms with Gasteiger partial charge in [-0.1, -0.05) is 42.2 Å². The lowest BCUT2D eigenvalue weighted by molar-refractivity contribution is -0.140. The van der Waals surface area contributed by atoms with Crippen LogP contribution in [0.4, 0.5) is 5.69 Å². The smallest absolute Gasteiger partial charge is 0.310 e. The minimum atomic E-state index is -1.02. The average molecular weight is 470 g/mol. The lowest BCUT2D eigenvalue weighted by Gasteiger charge is -2.20. The number of rotatable bonds is 4. The molecule has 9 nitrogen and oxygen atoms in total. The van der Waals surface area contributed by atoms with Crippen LogP contribution in [-0.4, -0.2) is 53.9 Å². The number of nitrogens with zero attached hydrogens (tertiary/aromatic N) is 3. The average Bonchev–Trinajstić information content (AvgIpc) is 3.00. The minimum absolute atomic E-state index is 0.106. The number of hydrogen-bond acceptors (Lipinski definition) is 6. The van der Waals surface area contributed by atoms with Gasteiger partial charge in [0.05, 0.1) is 11.3 Å². The van der Waals surface area contributed by atoms with E-state index in [1.165, 1.54) is 11.2 Å². The van der Waals surface area contributed by atoms with Crippen LogP contribution in [0.25, 0.3) is 0 Å². The molecular formula is C26H23N5O4. The molecular weight excluding hydrogens is 446 g/mol. The third kappa shape index (κ3) is 6.00. The largest absolute Gasteiger partial charge is 0.489 e. The molecule has 35 heavy (non-hydrogen) atoms. The molecule has 0 bridgehead atoms. The van der Waals surface area contributed by atoms with E-state index in [0.29, 0.717) is 35.5 Å². The molecule has 1 atom stereocenters. The van der Waals surface area contributed by atoms with Crippen LogP contribution < -0.4 is 20.3 Å². The number of hydrogen-bond donors (Lipinski definition) is 2. The first kappa shape index (κ1) is 23.4. The maximum Gasteiger partial charge on any atom is 0.310 e. The Balaban J connectivity index is 1.37. The van der Waals surface area contributed by atoms with E-state index in [4.69, 9.17) is 4.74 Å². The van der Waals surface area contributed by atoms with Gasteiger partial charge in [0.2, 0.25) is 0 Å². The number of benzene rings is 2. The van der Waals surface area contributed by atoms with E-state index in [1.807, 2.05) is 30.3 Å². The van der Waals surface area contributed by atoms with Gasteiger partial charge in [0.1, 0.15) is 24.7 Å². The summed E-state index contributed by atoms with van der Waals surface area (Å²) in [5.41, 5.74) is 2.88. The summed E-state index contributed by atoms with van der Waals surface area (Å²) < 4.78 is 5.76. The molecule has 1 aliphatic heterocycles. The standard InChI is InChI=1S/C26H23N5O4/c1-31-22-13-19(7-8-20-14-27-17-28-15-20)9-10-23(22)35-16-21(26(31)34)30-25(33)24(32)29-12-11-18-5-3-2-4-6-18/h2-6,9-10,13-15,17,21H,11-12,16H2,1H3,(H,29,32)(H,30,33)/t21-/m0/s1. The highest BCUT2D eigenvalue weighted by Gasteiger charge is 2.32. The van der Waals surface area contributed by atoms with Crippen LogP contribution >= 0.6 is 0 Å². The van der Waals surface area contributed by atoms with E-state index in [2.05, 4.69) is 32.4 Å². The molecule has 2 aromatic carbocycles. The lowest BCUT2D eigenvalue weighted by atomic mass is 10.1. The molecule has 0 spiro atoms. The maximum atomic E-state index is 13.0. The van der Waals surface area contributed by atoms with Gasteiger partial charge in [0.15, 0.2) is 0 Å². The first-order valence-corrected chi connectivity index (χ1v) is 11.0. The van der Waals surface area contributed by atoms with Crippen molar-refractivity contribution in [2.75, 3.05) is 25.1 Å². The quantitative estimate of drug-likeness (QED) is 0.437. The molecule has 2 N–H and O–H groups in total. The first-order valence-electron chi connectivity index (χ1n) is 11.0. The Morgan fingerprint density at radius 3 is 2.57 bits per heavy atom. The van der Waals surface area contributed by atoms with Gasteiger partial charge in [-0.25, -0.2) is 9.97 Å². The fraction of sp³-hybridized carbons (Fsp3) is 0.192. The van der Waals surface area contributed by atoms with Gasteiger partial charge in [0, 0.05) is 31.5 Å². The van der Waals surface area contributed by atoms with Crippen LogP contribution in [0.2, 0.25) is 0 Å². The van der Waals surface area contributed by atoms with Crippen molar-refractivity contribution >= 4 is 23.4 Å². The molecule has 0 saturated carbocycles. The highest BCUT2D eigenvalue weighted by atomic mass is 16.5. The highest BCUT2D eigenvalue weighted by molar-refractivity contribution is 6.35. The molecule has 4 rings (SSSR count). The molecule has 0 fully saturated rings. The Labute approximate surface area is 202 Å². The van der Waals surface area contributed by atoms with Crippen molar-refractivity contribution in [1.82, 2.24) is 20.6 Å². The monoisotopic (exact) mass is 469 g/mol. The zero-order chi connectivity index (χ0) is 24.6. The van der Waals surface area contributed by atoms with E-state index < -0.39 is 23.8 Å². The Morgan fingerprint density at radius 2 is 1.80 bits per heavy atom. The Morgan fingerprint density at radius 1 is 1.06 bits per heavy atom. The number of carbonyl (C=O) groups is 3. The van der Waals surface area contributed by atoms with E-state index in [1.54, 1.807) is 37.6 Å². The van der Waals surface area contributed by atoms with Crippen LogP contribution in [0.15, 0.2) is 67.3 Å². The first-order chi connectivity index (χ1) is 17.0. The molecule has 9 heteroatoms. The van der Waals surface area contributed by atoms with Crippen molar-refractivity contribution in [3.63, 3.8) is 0 Å². The van der Waals surface area contributed by atoms with Crippen molar-refractivity contribution in [1.29, 1.82) is 0 Å². The molecule has 3 aromatic rings. The molecule has 0 saturated heterocycles. The molecule has 1 aromatic heterocycles. The Hall–Kier alpha value is -4.71. The van der Waals surface area contributed by atoms with E-state index >= 15 is 0 Å². The summed E-state index contributed by atoms with van der Waals surface area (Å²) in [6.45, 7) is 0.196. The summed E-state index contributed by atoms with van der Waals surface area (Å²) in [5, 5.41) is 5.05. The number of ether oxygens (including phenoxy) is 1. The summed E-state index contributed by atoms with van der Waals surface area (Å²) in [4.78, 5) is 46.8. The number of nitrogens with one attached hydrogen (secondary N) is 2. The Kier molecular flexibility index (Phi) is 7.33. The maximum absolute atomic E-state index is 13.0. The number of fused-ring (bicyclic) bond motifs is 1. The second-order valence-corrected chi connectivity index (χ2v) is 7.79. The van der Waals surface area contributed by atoms with E-state index in [9.17, 15) is 14.4 Å². The van der Waals surface area contributed by atoms with E-state index in [0.717, 1.165) is 5.56 Å². The van der Waals surface area contributed by atoms with Crippen molar-refractivity contribution < 1.29 is 19.1 Å². The predicted molar refractivity (Wildman–Crippen MR) is 128 cm³/mol. The molecule has 0 radical (unpaired) electrons. The van der Waals surface area contributed by atoms with E-state index in [-0.39, 0.29) is 6.61 Å². The van der Waals surface area contributed by atoms with Crippen LogP contribution in [0.1, 0.15) is 16.7 Å². The van der Waals surface area contributed by atoms with Crippen molar-refractivity contribution in [2.24, 2.45) is 0 Å².